The number of hydrogen-bond acceptors (Lipinski definition) is 3. The smallest absolute Gasteiger partial charge is 0.0984 e. The van der Waals surface area contributed by atoms with Gasteiger partial charge in [-0.15, -0.1) is 0 Å². The van der Waals surface area contributed by atoms with Gasteiger partial charge < -0.3 is 10.5 Å². The molecule has 2 atom stereocenters. The molecule has 3 heteroatoms. The molecule has 0 radical (unpaired) electrons. The first-order valence-corrected chi connectivity index (χ1v) is 7.54. The molecular formula is C14H23NOS. The second kappa shape index (κ2) is 5.98. The summed E-state index contributed by atoms with van der Waals surface area (Å²) in [5, 5.41) is 4.25. The van der Waals surface area contributed by atoms with Crippen LogP contribution in [0.1, 0.15) is 51.2 Å². The highest BCUT2D eigenvalue weighted by atomic mass is 32.1. The largest absolute Gasteiger partial charge is 0.369 e. The quantitative estimate of drug-likeness (QED) is 0.887. The number of nitrogens with two attached hydrogens (primary N) is 1. The van der Waals surface area contributed by atoms with Gasteiger partial charge in [-0.05, 0) is 60.9 Å². The summed E-state index contributed by atoms with van der Waals surface area (Å²) in [6.45, 7) is 4.37. The summed E-state index contributed by atoms with van der Waals surface area (Å²) >= 11 is 1.71. The molecule has 1 aliphatic rings. The molecule has 2 rings (SSSR count). The van der Waals surface area contributed by atoms with E-state index in [0.29, 0.717) is 6.10 Å². The van der Waals surface area contributed by atoms with E-state index >= 15 is 0 Å². The minimum Gasteiger partial charge on any atom is -0.369 e. The first-order chi connectivity index (χ1) is 8.16. The van der Waals surface area contributed by atoms with E-state index in [0.717, 1.165) is 5.92 Å². The Labute approximate surface area is 108 Å². The van der Waals surface area contributed by atoms with Gasteiger partial charge in [0.05, 0.1) is 12.2 Å². The fraction of sp³-hybridized carbons (Fsp3) is 0.714. The van der Waals surface area contributed by atoms with Crippen molar-refractivity contribution in [1.29, 1.82) is 0 Å². The molecule has 1 aliphatic carbocycles. The first kappa shape index (κ1) is 13.1. The van der Waals surface area contributed by atoms with Gasteiger partial charge in [-0.1, -0.05) is 6.92 Å². The first-order valence-electron chi connectivity index (χ1n) is 6.60. The van der Waals surface area contributed by atoms with Gasteiger partial charge in [0.15, 0.2) is 0 Å². The summed E-state index contributed by atoms with van der Waals surface area (Å²) in [5.41, 5.74) is 7.29. The third kappa shape index (κ3) is 3.54. The van der Waals surface area contributed by atoms with Crippen LogP contribution in [0.2, 0.25) is 0 Å². The third-order valence-electron chi connectivity index (χ3n) is 3.65. The lowest BCUT2D eigenvalue weighted by atomic mass is 9.88. The maximum Gasteiger partial charge on any atom is 0.0984 e. The Morgan fingerprint density at radius 2 is 2.06 bits per heavy atom. The molecule has 17 heavy (non-hydrogen) atoms. The fourth-order valence-electron chi connectivity index (χ4n) is 2.52. The lowest BCUT2D eigenvalue weighted by Crippen LogP contribution is -2.31. The highest BCUT2D eigenvalue weighted by Crippen LogP contribution is 2.31. The minimum atomic E-state index is 0.0592. The summed E-state index contributed by atoms with van der Waals surface area (Å²) < 4.78 is 6.23. The molecule has 0 aromatic carbocycles. The van der Waals surface area contributed by atoms with Crippen LogP contribution in [0.15, 0.2) is 16.8 Å². The topological polar surface area (TPSA) is 35.2 Å². The number of hydrogen-bond donors (Lipinski definition) is 1. The Bertz CT molecular complexity index is 315. The molecule has 1 saturated carbocycles. The van der Waals surface area contributed by atoms with Gasteiger partial charge in [-0.25, -0.2) is 0 Å². The van der Waals surface area contributed by atoms with Gasteiger partial charge in [0.2, 0.25) is 0 Å². The number of rotatable bonds is 4. The Balaban J connectivity index is 1.94. The van der Waals surface area contributed by atoms with Crippen molar-refractivity contribution in [2.45, 2.75) is 57.8 Å². The molecule has 1 aromatic heterocycles. The van der Waals surface area contributed by atoms with Crippen LogP contribution in [0, 0.1) is 5.92 Å². The number of ether oxygens (including phenoxy) is 1. The molecule has 2 N–H and O–H groups in total. The maximum atomic E-state index is 6.23. The van der Waals surface area contributed by atoms with E-state index in [9.17, 15) is 0 Å². The second-order valence-corrected chi connectivity index (χ2v) is 6.13. The van der Waals surface area contributed by atoms with Crippen LogP contribution >= 0.6 is 11.3 Å². The predicted molar refractivity (Wildman–Crippen MR) is 73.2 cm³/mol. The molecule has 1 heterocycles. The molecule has 96 valence electrons. The highest BCUT2D eigenvalue weighted by Gasteiger charge is 2.25. The van der Waals surface area contributed by atoms with Gasteiger partial charge in [-0.2, -0.15) is 11.3 Å². The van der Waals surface area contributed by atoms with Crippen LogP contribution < -0.4 is 5.73 Å². The molecule has 0 amide bonds. The summed E-state index contributed by atoms with van der Waals surface area (Å²) in [7, 11) is 0. The van der Waals surface area contributed by atoms with E-state index in [2.05, 4.69) is 23.8 Å². The Kier molecular flexibility index (Phi) is 4.60. The van der Waals surface area contributed by atoms with E-state index in [-0.39, 0.29) is 12.1 Å². The molecule has 0 spiro atoms. The van der Waals surface area contributed by atoms with Crippen molar-refractivity contribution in [1.82, 2.24) is 0 Å². The zero-order valence-electron chi connectivity index (χ0n) is 10.8. The highest BCUT2D eigenvalue weighted by molar-refractivity contribution is 7.07. The predicted octanol–water partition coefficient (Wildman–Crippen LogP) is 3.73. The molecule has 1 aromatic rings. The molecule has 2 unspecified atom stereocenters. The van der Waals surface area contributed by atoms with Crippen molar-refractivity contribution in [3.63, 3.8) is 0 Å². The van der Waals surface area contributed by atoms with Gasteiger partial charge >= 0.3 is 0 Å². The van der Waals surface area contributed by atoms with Crippen LogP contribution in [-0.4, -0.2) is 12.1 Å². The SMILES string of the molecule is CC1CCC(OC(c2ccsc2)C(C)N)CC1. The van der Waals surface area contributed by atoms with Crippen molar-refractivity contribution < 1.29 is 4.74 Å². The summed E-state index contributed by atoms with van der Waals surface area (Å²) in [6.07, 6.45) is 5.44. The van der Waals surface area contributed by atoms with Crippen LogP contribution in [0.3, 0.4) is 0 Å². The summed E-state index contributed by atoms with van der Waals surface area (Å²) in [5.74, 6) is 0.866. The van der Waals surface area contributed by atoms with Crippen molar-refractivity contribution in [3.8, 4) is 0 Å². The van der Waals surface area contributed by atoms with E-state index in [4.69, 9.17) is 10.5 Å². The van der Waals surface area contributed by atoms with Gasteiger partial charge in [0.1, 0.15) is 0 Å². The normalized spacial score (nSPS) is 28.9. The average molecular weight is 253 g/mol. The zero-order valence-corrected chi connectivity index (χ0v) is 11.6. The van der Waals surface area contributed by atoms with Gasteiger partial charge in [0, 0.05) is 6.04 Å². The van der Waals surface area contributed by atoms with Crippen molar-refractivity contribution in [2.75, 3.05) is 0 Å². The molecule has 0 saturated heterocycles. The molecular weight excluding hydrogens is 230 g/mol. The number of thiophene rings is 1. The zero-order chi connectivity index (χ0) is 12.3. The molecule has 0 bridgehead atoms. The van der Waals surface area contributed by atoms with Crippen molar-refractivity contribution in [2.24, 2.45) is 11.7 Å². The Morgan fingerprint density at radius 1 is 1.35 bits per heavy atom. The Hall–Kier alpha value is -0.380. The van der Waals surface area contributed by atoms with E-state index in [1.165, 1.54) is 31.2 Å². The lowest BCUT2D eigenvalue weighted by molar-refractivity contribution is -0.0457. The van der Waals surface area contributed by atoms with E-state index < -0.39 is 0 Å². The minimum absolute atomic E-state index is 0.0592. The van der Waals surface area contributed by atoms with Gasteiger partial charge in [0.25, 0.3) is 0 Å². The maximum absolute atomic E-state index is 6.23. The Morgan fingerprint density at radius 3 is 2.59 bits per heavy atom. The molecule has 1 fully saturated rings. The third-order valence-corrected chi connectivity index (χ3v) is 4.35. The summed E-state index contributed by atoms with van der Waals surface area (Å²) in [4.78, 5) is 0. The van der Waals surface area contributed by atoms with E-state index in [1.807, 2.05) is 6.92 Å². The second-order valence-electron chi connectivity index (χ2n) is 5.35. The van der Waals surface area contributed by atoms with Crippen LogP contribution in [0.4, 0.5) is 0 Å². The summed E-state index contributed by atoms with van der Waals surface area (Å²) in [6, 6.07) is 2.19. The standard InChI is InChI=1S/C14H23NOS/c1-10-3-5-13(6-4-10)16-14(11(2)15)12-7-8-17-9-12/h7-11,13-14H,3-6,15H2,1-2H3. The fourth-order valence-corrected chi connectivity index (χ4v) is 3.20. The van der Waals surface area contributed by atoms with Crippen molar-refractivity contribution >= 4 is 11.3 Å². The van der Waals surface area contributed by atoms with E-state index in [1.54, 1.807) is 11.3 Å². The van der Waals surface area contributed by atoms with Gasteiger partial charge in [-0.3, -0.25) is 0 Å². The van der Waals surface area contributed by atoms with Crippen LogP contribution in [0.25, 0.3) is 0 Å². The lowest BCUT2D eigenvalue weighted by Gasteiger charge is -2.31. The molecule has 0 aliphatic heterocycles. The van der Waals surface area contributed by atoms with Crippen LogP contribution in [0.5, 0.6) is 0 Å². The van der Waals surface area contributed by atoms with Crippen LogP contribution in [-0.2, 0) is 4.74 Å². The average Bonchev–Trinajstić information content (AvgIpc) is 2.81. The molecule has 2 nitrogen and oxygen atoms in total. The van der Waals surface area contributed by atoms with Crippen molar-refractivity contribution in [3.05, 3.63) is 22.4 Å². The monoisotopic (exact) mass is 253 g/mol.